The molecule has 5 nitrogen and oxygen atoms in total. The first-order valence-electron chi connectivity index (χ1n) is 9.65. The van der Waals surface area contributed by atoms with Crippen LogP contribution >= 0.6 is 0 Å². The van der Waals surface area contributed by atoms with Crippen molar-refractivity contribution in [3.63, 3.8) is 0 Å². The van der Waals surface area contributed by atoms with Gasteiger partial charge in [0.05, 0.1) is 13.1 Å². The molecule has 1 heterocycles. The first-order valence-corrected chi connectivity index (χ1v) is 9.65. The number of carbonyl (C=O) groups is 1. The number of hydrogen-bond acceptors (Lipinski definition) is 5. The average Bonchev–Trinajstić information content (AvgIpc) is 3.20. The van der Waals surface area contributed by atoms with Crippen LogP contribution in [0.2, 0.25) is 0 Å². The lowest BCUT2D eigenvalue weighted by Gasteiger charge is -2.13. The minimum Gasteiger partial charge on any atom is -0.485 e. The molecule has 3 aromatic carbocycles. The van der Waals surface area contributed by atoms with Crippen LogP contribution in [0.5, 0.6) is 5.75 Å². The number of aliphatic imine (C=N–C) groups is 1. The molecule has 1 aliphatic heterocycles. The molecule has 3 aromatic rings. The molecule has 0 bridgehead atoms. The Hall–Kier alpha value is -3.44. The average molecular weight is 385 g/mol. The monoisotopic (exact) mass is 385 g/mol. The van der Waals surface area contributed by atoms with E-state index in [0.717, 1.165) is 30.9 Å². The van der Waals surface area contributed by atoms with Crippen molar-refractivity contribution in [2.75, 3.05) is 19.7 Å². The predicted molar refractivity (Wildman–Crippen MR) is 114 cm³/mol. The van der Waals surface area contributed by atoms with Crippen LogP contribution < -0.4 is 10.6 Å². The molecule has 0 radical (unpaired) electrons. The second kappa shape index (κ2) is 8.71. The minimum atomic E-state index is -0.0299. The summed E-state index contributed by atoms with van der Waals surface area (Å²) in [5, 5.41) is 1.69. The molecule has 1 aliphatic rings. The SMILES string of the molecule is NN1CCN=C1c1ccc(Cc2ccc(OCC(=O)c3ccccc3)cc2)cc1. The number of carbonyl (C=O) groups excluding carboxylic acids is 1. The third-order valence-electron chi connectivity index (χ3n) is 4.88. The number of ketones is 1. The summed E-state index contributed by atoms with van der Waals surface area (Å²) in [6, 6.07) is 25.4. The molecular formula is C24H23N3O2. The van der Waals surface area contributed by atoms with Gasteiger partial charge in [-0.2, -0.15) is 0 Å². The maximum Gasteiger partial charge on any atom is 0.200 e. The Morgan fingerprint density at radius 1 is 0.931 bits per heavy atom. The maximum atomic E-state index is 12.1. The van der Waals surface area contributed by atoms with Crippen molar-refractivity contribution >= 4 is 11.6 Å². The van der Waals surface area contributed by atoms with Crippen LogP contribution in [-0.2, 0) is 6.42 Å². The van der Waals surface area contributed by atoms with Gasteiger partial charge < -0.3 is 4.74 Å². The molecule has 0 fully saturated rings. The van der Waals surface area contributed by atoms with Gasteiger partial charge in [-0.25, -0.2) is 5.84 Å². The molecule has 2 N–H and O–H groups in total. The smallest absolute Gasteiger partial charge is 0.200 e. The third-order valence-corrected chi connectivity index (χ3v) is 4.88. The topological polar surface area (TPSA) is 67.9 Å². The predicted octanol–water partition coefficient (Wildman–Crippen LogP) is 3.48. The van der Waals surface area contributed by atoms with Crippen molar-refractivity contribution in [1.82, 2.24) is 5.01 Å². The zero-order chi connectivity index (χ0) is 20.1. The zero-order valence-electron chi connectivity index (χ0n) is 16.1. The summed E-state index contributed by atoms with van der Waals surface area (Å²) in [5.74, 6) is 7.44. The highest BCUT2D eigenvalue weighted by molar-refractivity contribution is 5.99. The van der Waals surface area contributed by atoms with Gasteiger partial charge in [-0.1, -0.05) is 66.7 Å². The molecule has 0 spiro atoms. The van der Waals surface area contributed by atoms with Crippen LogP contribution in [0.4, 0.5) is 0 Å². The standard InChI is InChI=1S/C24H23N3O2/c25-27-15-14-26-24(27)21-10-6-18(7-11-21)16-19-8-12-22(13-9-19)29-17-23(28)20-4-2-1-3-5-20/h1-13H,14-17,25H2. The largest absolute Gasteiger partial charge is 0.485 e. The van der Waals surface area contributed by atoms with Crippen LogP contribution in [0.3, 0.4) is 0 Å². The number of benzene rings is 3. The normalized spacial score (nSPS) is 13.3. The van der Waals surface area contributed by atoms with E-state index < -0.39 is 0 Å². The summed E-state index contributed by atoms with van der Waals surface area (Å²) in [5.41, 5.74) is 4.09. The Labute approximate surface area is 170 Å². The second-order valence-corrected chi connectivity index (χ2v) is 6.99. The molecule has 0 amide bonds. The molecule has 146 valence electrons. The van der Waals surface area contributed by atoms with Gasteiger partial charge in [-0.15, -0.1) is 0 Å². The summed E-state index contributed by atoms with van der Waals surface area (Å²) in [6.45, 7) is 1.55. The molecule has 5 heteroatoms. The Balaban J connectivity index is 1.33. The first kappa shape index (κ1) is 18.9. The van der Waals surface area contributed by atoms with Crippen molar-refractivity contribution in [3.05, 3.63) is 101 Å². The second-order valence-electron chi connectivity index (χ2n) is 6.99. The number of ether oxygens (including phenoxy) is 1. The number of amidine groups is 1. The van der Waals surface area contributed by atoms with Gasteiger partial charge in [-0.05, 0) is 29.7 Å². The van der Waals surface area contributed by atoms with Crippen molar-refractivity contribution in [2.45, 2.75) is 6.42 Å². The fourth-order valence-electron chi connectivity index (χ4n) is 3.28. The number of nitrogens with zero attached hydrogens (tertiary/aromatic N) is 2. The van der Waals surface area contributed by atoms with E-state index in [1.165, 1.54) is 11.1 Å². The van der Waals surface area contributed by atoms with Gasteiger partial charge in [0.2, 0.25) is 0 Å². The Kier molecular flexibility index (Phi) is 5.68. The molecule has 0 unspecified atom stereocenters. The van der Waals surface area contributed by atoms with E-state index in [9.17, 15) is 4.79 Å². The fourth-order valence-corrected chi connectivity index (χ4v) is 3.28. The molecule has 0 atom stereocenters. The zero-order valence-corrected chi connectivity index (χ0v) is 16.1. The number of hydrazine groups is 1. The summed E-state index contributed by atoms with van der Waals surface area (Å²) >= 11 is 0. The molecule has 0 aliphatic carbocycles. The fraction of sp³-hybridized carbons (Fsp3) is 0.167. The lowest BCUT2D eigenvalue weighted by atomic mass is 10.0. The molecule has 4 rings (SSSR count). The Morgan fingerprint density at radius 2 is 1.59 bits per heavy atom. The molecule has 0 aromatic heterocycles. The lowest BCUT2D eigenvalue weighted by molar-refractivity contribution is 0.0921. The minimum absolute atomic E-state index is 0.0299. The van der Waals surface area contributed by atoms with E-state index in [1.807, 2.05) is 42.5 Å². The van der Waals surface area contributed by atoms with Gasteiger partial charge in [0.25, 0.3) is 0 Å². The van der Waals surface area contributed by atoms with Crippen LogP contribution in [0.1, 0.15) is 27.0 Å². The van der Waals surface area contributed by atoms with Crippen molar-refractivity contribution in [1.29, 1.82) is 0 Å². The van der Waals surface area contributed by atoms with E-state index in [1.54, 1.807) is 17.1 Å². The van der Waals surface area contributed by atoms with Crippen LogP contribution in [0.15, 0.2) is 83.9 Å². The summed E-state index contributed by atoms with van der Waals surface area (Å²) in [4.78, 5) is 16.6. The van der Waals surface area contributed by atoms with E-state index in [0.29, 0.717) is 11.3 Å². The van der Waals surface area contributed by atoms with Crippen LogP contribution in [0.25, 0.3) is 0 Å². The van der Waals surface area contributed by atoms with Gasteiger partial charge in [0.15, 0.2) is 12.4 Å². The Morgan fingerprint density at radius 3 is 2.21 bits per heavy atom. The highest BCUT2D eigenvalue weighted by atomic mass is 16.5. The van der Waals surface area contributed by atoms with Crippen LogP contribution in [-0.4, -0.2) is 36.3 Å². The number of Topliss-reactive ketones (excluding diaryl/α,β-unsaturated/α-hetero) is 1. The van der Waals surface area contributed by atoms with Crippen molar-refractivity contribution < 1.29 is 9.53 Å². The number of hydrogen-bond donors (Lipinski definition) is 1. The van der Waals surface area contributed by atoms with E-state index in [-0.39, 0.29) is 12.4 Å². The van der Waals surface area contributed by atoms with E-state index >= 15 is 0 Å². The molecule has 29 heavy (non-hydrogen) atoms. The van der Waals surface area contributed by atoms with Gasteiger partial charge in [0, 0.05) is 11.1 Å². The van der Waals surface area contributed by atoms with Gasteiger partial charge in [0.1, 0.15) is 11.6 Å². The van der Waals surface area contributed by atoms with Crippen molar-refractivity contribution in [2.24, 2.45) is 10.8 Å². The van der Waals surface area contributed by atoms with Crippen LogP contribution in [0, 0.1) is 0 Å². The van der Waals surface area contributed by atoms with Crippen molar-refractivity contribution in [3.8, 4) is 5.75 Å². The third kappa shape index (κ3) is 4.70. The summed E-state index contributed by atoms with van der Waals surface area (Å²) in [7, 11) is 0. The van der Waals surface area contributed by atoms with Gasteiger partial charge >= 0.3 is 0 Å². The molecular weight excluding hydrogens is 362 g/mol. The summed E-state index contributed by atoms with van der Waals surface area (Å²) < 4.78 is 5.63. The summed E-state index contributed by atoms with van der Waals surface area (Å²) in [6.07, 6.45) is 0.822. The van der Waals surface area contributed by atoms with E-state index in [4.69, 9.17) is 10.6 Å². The molecule has 0 saturated heterocycles. The first-order chi connectivity index (χ1) is 14.2. The number of nitrogens with two attached hydrogens (primary N) is 1. The highest BCUT2D eigenvalue weighted by Crippen LogP contribution is 2.17. The molecule has 0 saturated carbocycles. The van der Waals surface area contributed by atoms with Gasteiger partial charge in [-0.3, -0.25) is 14.8 Å². The maximum absolute atomic E-state index is 12.1. The lowest BCUT2D eigenvalue weighted by Crippen LogP contribution is -2.34. The number of rotatable bonds is 7. The van der Waals surface area contributed by atoms with E-state index in [2.05, 4.69) is 29.3 Å². The highest BCUT2D eigenvalue weighted by Gasteiger charge is 2.14. The Bertz CT molecular complexity index is 997. The quantitative estimate of drug-likeness (QED) is 0.499.